The highest BCUT2D eigenvalue weighted by Crippen LogP contribution is 2.20. The summed E-state index contributed by atoms with van der Waals surface area (Å²) >= 11 is 5.88. The van der Waals surface area contributed by atoms with Gasteiger partial charge in [-0.2, -0.15) is 0 Å². The van der Waals surface area contributed by atoms with Crippen molar-refractivity contribution in [1.29, 1.82) is 0 Å². The molecule has 0 amide bonds. The van der Waals surface area contributed by atoms with Crippen molar-refractivity contribution in [3.63, 3.8) is 0 Å². The second-order valence-electron chi connectivity index (χ2n) is 3.80. The van der Waals surface area contributed by atoms with E-state index < -0.39 is 11.8 Å². The summed E-state index contributed by atoms with van der Waals surface area (Å²) in [6.07, 6.45) is 1.38. The van der Waals surface area contributed by atoms with Crippen LogP contribution in [0, 0.1) is 5.82 Å². The van der Waals surface area contributed by atoms with Gasteiger partial charge in [0.2, 0.25) is 0 Å². The predicted molar refractivity (Wildman–Crippen MR) is 67.6 cm³/mol. The topological polar surface area (TPSA) is 89.1 Å². The lowest BCUT2D eigenvalue weighted by Crippen LogP contribution is -2.08. The van der Waals surface area contributed by atoms with Gasteiger partial charge in [-0.05, 0) is 17.7 Å². The number of hydrogen-bond donors (Lipinski definition) is 2. The molecule has 1 aromatic heterocycles. The largest absolute Gasteiger partial charge is 0.477 e. The van der Waals surface area contributed by atoms with E-state index >= 15 is 0 Å². The Morgan fingerprint density at radius 2 is 2.21 bits per heavy atom. The molecule has 0 unspecified atom stereocenters. The van der Waals surface area contributed by atoms with E-state index in [1.165, 1.54) is 18.2 Å². The summed E-state index contributed by atoms with van der Waals surface area (Å²) < 4.78 is 12.9. The quantitative estimate of drug-likeness (QED) is 0.900. The van der Waals surface area contributed by atoms with Crippen molar-refractivity contribution in [2.45, 2.75) is 6.42 Å². The molecule has 2 rings (SSSR count). The van der Waals surface area contributed by atoms with Gasteiger partial charge >= 0.3 is 5.97 Å². The highest BCUT2D eigenvalue weighted by Gasteiger charge is 2.12. The van der Waals surface area contributed by atoms with Crippen LogP contribution in [0.1, 0.15) is 21.7 Å². The molecular formula is C12H9ClFN3O2. The predicted octanol–water partition coefficient (Wildman–Crippen LogP) is 2.14. The fourth-order valence-corrected chi connectivity index (χ4v) is 1.75. The molecule has 1 aromatic carbocycles. The van der Waals surface area contributed by atoms with Crippen molar-refractivity contribution in [2.24, 2.45) is 0 Å². The second kappa shape index (κ2) is 5.19. The van der Waals surface area contributed by atoms with Crippen LogP contribution >= 0.6 is 11.6 Å². The molecule has 0 fully saturated rings. The molecule has 1 heterocycles. The average Bonchev–Trinajstić information content (AvgIpc) is 2.32. The number of halogens is 2. The van der Waals surface area contributed by atoms with Gasteiger partial charge in [-0.15, -0.1) is 0 Å². The maximum Gasteiger partial charge on any atom is 0.341 e. The van der Waals surface area contributed by atoms with E-state index in [1.54, 1.807) is 0 Å². The van der Waals surface area contributed by atoms with E-state index in [2.05, 4.69) is 9.97 Å². The van der Waals surface area contributed by atoms with Crippen LogP contribution in [0.5, 0.6) is 0 Å². The molecule has 5 nitrogen and oxygen atoms in total. The van der Waals surface area contributed by atoms with Gasteiger partial charge in [-0.3, -0.25) is 0 Å². The zero-order valence-corrected chi connectivity index (χ0v) is 10.4. The van der Waals surface area contributed by atoms with Gasteiger partial charge in [0.25, 0.3) is 0 Å². The first kappa shape index (κ1) is 13.2. The van der Waals surface area contributed by atoms with E-state index in [0.717, 1.165) is 6.20 Å². The van der Waals surface area contributed by atoms with Crippen molar-refractivity contribution in [2.75, 3.05) is 5.73 Å². The number of aromatic carboxylic acids is 1. The Kier molecular flexibility index (Phi) is 3.62. The molecule has 0 bridgehead atoms. The number of anilines is 1. The first-order chi connectivity index (χ1) is 8.97. The van der Waals surface area contributed by atoms with Gasteiger partial charge in [0.05, 0.1) is 0 Å². The Hall–Kier alpha value is -2.21. The Bertz CT molecular complexity index is 649. The number of benzene rings is 1. The highest BCUT2D eigenvalue weighted by atomic mass is 35.5. The summed E-state index contributed by atoms with van der Waals surface area (Å²) in [6.45, 7) is 0. The lowest BCUT2D eigenvalue weighted by Gasteiger charge is -2.05. The standard InChI is InChI=1S/C12H9ClFN3O2/c13-9-4-7(14)2-1-6(9)3-10-16-5-8(12(18)19)11(15)17-10/h1-2,4-5H,3H2,(H,18,19)(H2,15,16,17). The maximum absolute atomic E-state index is 12.9. The number of rotatable bonds is 3. The number of carboxylic acid groups (broad SMARTS) is 1. The molecule has 0 atom stereocenters. The summed E-state index contributed by atoms with van der Waals surface area (Å²) in [5.41, 5.74) is 5.98. The number of hydrogen-bond acceptors (Lipinski definition) is 4. The van der Waals surface area contributed by atoms with Crippen molar-refractivity contribution in [3.8, 4) is 0 Å². The van der Waals surface area contributed by atoms with Crippen LogP contribution in [0.3, 0.4) is 0 Å². The molecule has 0 radical (unpaired) electrons. The Balaban J connectivity index is 2.29. The molecule has 0 saturated heterocycles. The van der Waals surface area contributed by atoms with Gasteiger partial charge in [0.15, 0.2) is 0 Å². The molecule has 19 heavy (non-hydrogen) atoms. The molecule has 0 aliphatic rings. The number of nitrogens with zero attached hydrogens (tertiary/aromatic N) is 2. The normalized spacial score (nSPS) is 10.4. The Labute approximate surface area is 112 Å². The van der Waals surface area contributed by atoms with E-state index in [1.807, 2.05) is 0 Å². The van der Waals surface area contributed by atoms with Crippen molar-refractivity contribution >= 4 is 23.4 Å². The lowest BCUT2D eigenvalue weighted by molar-refractivity contribution is 0.0697. The third kappa shape index (κ3) is 2.97. The average molecular weight is 282 g/mol. The smallest absolute Gasteiger partial charge is 0.341 e. The molecule has 3 N–H and O–H groups in total. The minimum Gasteiger partial charge on any atom is -0.477 e. The zero-order valence-electron chi connectivity index (χ0n) is 9.60. The molecule has 0 aliphatic carbocycles. The van der Waals surface area contributed by atoms with Crippen LogP contribution in [0.25, 0.3) is 0 Å². The molecular weight excluding hydrogens is 273 g/mol. The molecule has 2 aromatic rings. The van der Waals surface area contributed by atoms with Gasteiger partial charge < -0.3 is 10.8 Å². The van der Waals surface area contributed by atoms with Crippen molar-refractivity contribution in [3.05, 3.63) is 52.2 Å². The molecule has 0 aliphatic heterocycles. The van der Waals surface area contributed by atoms with Crippen molar-refractivity contribution in [1.82, 2.24) is 9.97 Å². The van der Waals surface area contributed by atoms with E-state index in [-0.39, 0.29) is 22.8 Å². The Morgan fingerprint density at radius 3 is 2.79 bits per heavy atom. The number of nitrogens with two attached hydrogens (primary N) is 1. The third-order valence-electron chi connectivity index (χ3n) is 2.46. The van der Waals surface area contributed by atoms with E-state index in [9.17, 15) is 9.18 Å². The first-order valence-electron chi connectivity index (χ1n) is 5.26. The van der Waals surface area contributed by atoms with Gasteiger partial charge in [0, 0.05) is 17.6 Å². The molecule has 7 heteroatoms. The van der Waals surface area contributed by atoms with Crippen LogP contribution in [0.2, 0.25) is 5.02 Å². The lowest BCUT2D eigenvalue weighted by atomic mass is 10.1. The third-order valence-corrected chi connectivity index (χ3v) is 2.81. The summed E-state index contributed by atoms with van der Waals surface area (Å²) in [4.78, 5) is 18.5. The monoisotopic (exact) mass is 281 g/mol. The van der Waals surface area contributed by atoms with Gasteiger partial charge in [0.1, 0.15) is 23.0 Å². The Morgan fingerprint density at radius 1 is 1.47 bits per heavy atom. The van der Waals surface area contributed by atoms with Crippen LogP contribution in [0.15, 0.2) is 24.4 Å². The summed E-state index contributed by atoms with van der Waals surface area (Å²) in [7, 11) is 0. The van der Waals surface area contributed by atoms with Crippen LogP contribution in [0.4, 0.5) is 10.2 Å². The van der Waals surface area contributed by atoms with E-state index in [4.69, 9.17) is 22.4 Å². The zero-order chi connectivity index (χ0) is 14.0. The fourth-order valence-electron chi connectivity index (χ4n) is 1.52. The van der Waals surface area contributed by atoms with Gasteiger partial charge in [-0.25, -0.2) is 19.2 Å². The molecule has 98 valence electrons. The summed E-state index contributed by atoms with van der Waals surface area (Å²) in [6, 6.07) is 3.98. The summed E-state index contributed by atoms with van der Waals surface area (Å²) in [5, 5.41) is 9.05. The number of aromatic nitrogens is 2. The number of carbonyl (C=O) groups is 1. The summed E-state index contributed by atoms with van der Waals surface area (Å²) in [5.74, 6) is -1.42. The molecule has 0 saturated carbocycles. The minimum atomic E-state index is -1.19. The second-order valence-corrected chi connectivity index (χ2v) is 4.21. The molecule has 0 spiro atoms. The first-order valence-corrected chi connectivity index (χ1v) is 5.64. The van der Waals surface area contributed by atoms with Crippen molar-refractivity contribution < 1.29 is 14.3 Å². The SMILES string of the molecule is Nc1nc(Cc2ccc(F)cc2Cl)ncc1C(=O)O. The van der Waals surface area contributed by atoms with E-state index in [0.29, 0.717) is 11.4 Å². The number of carboxylic acids is 1. The fraction of sp³-hybridized carbons (Fsp3) is 0.0833. The maximum atomic E-state index is 12.9. The highest BCUT2D eigenvalue weighted by molar-refractivity contribution is 6.31. The van der Waals surface area contributed by atoms with Gasteiger partial charge in [-0.1, -0.05) is 17.7 Å². The van der Waals surface area contributed by atoms with Crippen LogP contribution in [-0.4, -0.2) is 21.0 Å². The number of nitrogen functional groups attached to an aromatic ring is 1. The van der Waals surface area contributed by atoms with Crippen LogP contribution < -0.4 is 5.73 Å². The van der Waals surface area contributed by atoms with Crippen LogP contribution in [-0.2, 0) is 6.42 Å². The minimum absolute atomic E-state index is 0.115.